The zero-order valence-corrected chi connectivity index (χ0v) is 14.0. The van der Waals surface area contributed by atoms with Gasteiger partial charge in [0.1, 0.15) is 0 Å². The Morgan fingerprint density at radius 2 is 0.840 bits per heavy atom. The van der Waals surface area contributed by atoms with Crippen LogP contribution in [0.2, 0.25) is 0 Å². The molecule has 2 aliphatic rings. The van der Waals surface area contributed by atoms with Gasteiger partial charge < -0.3 is 9.97 Å². The van der Waals surface area contributed by atoms with Gasteiger partial charge in [0.25, 0.3) is 0 Å². The van der Waals surface area contributed by atoms with Crippen LogP contribution in [0.15, 0.2) is 48.5 Å². The van der Waals surface area contributed by atoms with Crippen molar-refractivity contribution in [3.8, 4) is 0 Å². The second-order valence-corrected chi connectivity index (χ2v) is 5.76. The SMILES string of the molecule is C1=Cc2cc3ccc(cc4ccc(cc5nc(cc1n2)C=C5)[n-]4)[n-]3.[Ni+2]. The minimum Gasteiger partial charge on any atom is -0.658 e. The molecule has 0 atom stereocenters. The summed E-state index contributed by atoms with van der Waals surface area (Å²) in [5, 5.41) is 0. The standard InChI is InChI=1S/C20H12N4.Ni/c1-2-14-10-16-5-6-18(23-16)12-20-8-7-19(24-20)11-17-4-3-15(22-17)9-13(1)21-14;/h1-12H;/q-2;+2. The summed E-state index contributed by atoms with van der Waals surface area (Å²) in [6, 6.07) is 15.9. The van der Waals surface area contributed by atoms with E-state index in [1.165, 1.54) is 0 Å². The van der Waals surface area contributed by atoms with E-state index in [0.29, 0.717) is 0 Å². The Bertz CT molecular complexity index is 1080. The van der Waals surface area contributed by atoms with Crippen LogP contribution >= 0.6 is 0 Å². The summed E-state index contributed by atoms with van der Waals surface area (Å²) in [5.74, 6) is 0. The normalized spacial score (nSPS) is 12.2. The molecule has 5 heterocycles. The van der Waals surface area contributed by atoms with E-state index in [4.69, 9.17) is 0 Å². The topological polar surface area (TPSA) is 54.0 Å². The number of hydrogen-bond donors (Lipinski definition) is 0. The van der Waals surface area contributed by atoms with E-state index >= 15 is 0 Å². The first-order valence-corrected chi connectivity index (χ1v) is 7.74. The third-order valence-electron chi connectivity index (χ3n) is 3.92. The van der Waals surface area contributed by atoms with Crippen molar-refractivity contribution < 1.29 is 16.5 Å². The van der Waals surface area contributed by atoms with Gasteiger partial charge in [0.15, 0.2) is 0 Å². The summed E-state index contributed by atoms with van der Waals surface area (Å²) in [4.78, 5) is 18.4. The molecule has 4 nitrogen and oxygen atoms in total. The Balaban J connectivity index is 0.00000157. The maximum Gasteiger partial charge on any atom is 2.00 e. The molecule has 3 aromatic heterocycles. The predicted molar refractivity (Wildman–Crippen MR) is 96.8 cm³/mol. The van der Waals surface area contributed by atoms with E-state index in [2.05, 4.69) is 19.9 Å². The first kappa shape index (κ1) is 15.6. The van der Waals surface area contributed by atoms with Crippen molar-refractivity contribution >= 4 is 46.4 Å². The maximum absolute atomic E-state index is 4.59. The van der Waals surface area contributed by atoms with Crippen LogP contribution in [0.5, 0.6) is 0 Å². The molecule has 5 rings (SSSR count). The largest absolute Gasteiger partial charge is 2.00 e. The second kappa shape index (κ2) is 6.19. The van der Waals surface area contributed by atoms with Crippen molar-refractivity contribution in [2.75, 3.05) is 0 Å². The van der Waals surface area contributed by atoms with Gasteiger partial charge in [-0.25, -0.2) is 9.97 Å². The molecule has 5 heteroatoms. The van der Waals surface area contributed by atoms with Gasteiger partial charge in [-0.05, 0) is 30.4 Å². The summed E-state index contributed by atoms with van der Waals surface area (Å²) in [7, 11) is 0. The van der Waals surface area contributed by atoms with Crippen molar-refractivity contribution in [2.24, 2.45) is 0 Å². The molecule has 8 bridgehead atoms. The van der Waals surface area contributed by atoms with Gasteiger partial charge in [-0.1, -0.05) is 42.5 Å². The van der Waals surface area contributed by atoms with Crippen LogP contribution in [-0.4, -0.2) is 9.97 Å². The monoisotopic (exact) mass is 366 g/mol. The van der Waals surface area contributed by atoms with Crippen LogP contribution in [0.25, 0.3) is 46.4 Å². The van der Waals surface area contributed by atoms with E-state index in [9.17, 15) is 0 Å². The third-order valence-corrected chi connectivity index (χ3v) is 3.92. The molecule has 0 N–H and O–H groups in total. The van der Waals surface area contributed by atoms with Crippen LogP contribution < -0.4 is 9.97 Å². The fourth-order valence-corrected chi connectivity index (χ4v) is 2.83. The summed E-state index contributed by atoms with van der Waals surface area (Å²) in [6.07, 6.45) is 7.95. The van der Waals surface area contributed by atoms with E-state index in [1.807, 2.05) is 72.8 Å². The molecule has 0 amide bonds. The zero-order chi connectivity index (χ0) is 15.9. The van der Waals surface area contributed by atoms with Crippen LogP contribution in [-0.2, 0) is 16.5 Å². The van der Waals surface area contributed by atoms with Crippen LogP contribution in [0.4, 0.5) is 0 Å². The smallest absolute Gasteiger partial charge is 0.658 e. The van der Waals surface area contributed by atoms with E-state index in [-0.39, 0.29) is 16.5 Å². The molecule has 0 radical (unpaired) electrons. The average molecular weight is 367 g/mol. The average Bonchev–Trinajstić information content (AvgIpc) is 3.32. The van der Waals surface area contributed by atoms with Crippen LogP contribution in [0.3, 0.4) is 0 Å². The maximum atomic E-state index is 4.59. The van der Waals surface area contributed by atoms with Gasteiger partial charge >= 0.3 is 16.5 Å². The fraction of sp³-hybridized carbons (Fsp3) is 0. The Morgan fingerprint density at radius 1 is 0.480 bits per heavy atom. The first-order chi connectivity index (χ1) is 11.8. The minimum absolute atomic E-state index is 0. The summed E-state index contributed by atoms with van der Waals surface area (Å²) in [5.41, 5.74) is 7.15. The predicted octanol–water partition coefficient (Wildman–Crippen LogP) is 3.91. The van der Waals surface area contributed by atoms with Crippen molar-refractivity contribution in [3.63, 3.8) is 0 Å². The molecular weight excluding hydrogens is 355 g/mol. The number of aromatic nitrogens is 4. The Labute approximate surface area is 154 Å². The van der Waals surface area contributed by atoms with Crippen molar-refractivity contribution in [2.45, 2.75) is 0 Å². The van der Waals surface area contributed by atoms with Gasteiger partial charge in [0, 0.05) is 0 Å². The van der Waals surface area contributed by atoms with E-state index < -0.39 is 0 Å². The summed E-state index contributed by atoms with van der Waals surface area (Å²) < 4.78 is 0. The fourth-order valence-electron chi connectivity index (χ4n) is 2.83. The Morgan fingerprint density at radius 3 is 1.28 bits per heavy atom. The zero-order valence-electron chi connectivity index (χ0n) is 13.0. The molecule has 0 spiro atoms. The molecule has 0 aromatic carbocycles. The number of nitrogens with zero attached hydrogens (tertiary/aromatic N) is 4. The Kier molecular flexibility index (Phi) is 3.87. The van der Waals surface area contributed by atoms with Gasteiger partial charge in [0.05, 0.1) is 22.8 Å². The van der Waals surface area contributed by atoms with Gasteiger partial charge in [-0.2, -0.15) is 0 Å². The first-order valence-electron chi connectivity index (χ1n) is 7.74. The molecule has 122 valence electrons. The quantitative estimate of drug-likeness (QED) is 0.390. The molecule has 2 aliphatic heterocycles. The van der Waals surface area contributed by atoms with Gasteiger partial charge in [-0.15, -0.1) is 22.1 Å². The van der Waals surface area contributed by atoms with Gasteiger partial charge in [-0.3, -0.25) is 0 Å². The molecule has 0 unspecified atom stereocenters. The molecule has 25 heavy (non-hydrogen) atoms. The molecule has 0 fully saturated rings. The van der Waals surface area contributed by atoms with Crippen molar-refractivity contribution in [1.82, 2.24) is 19.9 Å². The van der Waals surface area contributed by atoms with E-state index in [1.54, 1.807) is 0 Å². The van der Waals surface area contributed by atoms with Crippen molar-refractivity contribution in [3.05, 3.63) is 71.3 Å². The molecule has 0 saturated heterocycles. The second-order valence-electron chi connectivity index (χ2n) is 5.76. The van der Waals surface area contributed by atoms with Gasteiger partial charge in [0.2, 0.25) is 0 Å². The minimum atomic E-state index is 0. The van der Waals surface area contributed by atoms with Crippen molar-refractivity contribution in [1.29, 1.82) is 0 Å². The van der Waals surface area contributed by atoms with Crippen LogP contribution in [0, 0.1) is 0 Å². The third kappa shape index (κ3) is 3.19. The van der Waals surface area contributed by atoms with E-state index in [0.717, 1.165) is 44.8 Å². The molecule has 3 aromatic rings. The van der Waals surface area contributed by atoms with Crippen LogP contribution in [0.1, 0.15) is 22.8 Å². The number of hydrogen-bond acceptors (Lipinski definition) is 2. The summed E-state index contributed by atoms with van der Waals surface area (Å²) in [6.45, 7) is 0. The summed E-state index contributed by atoms with van der Waals surface area (Å²) >= 11 is 0. The Hall–Kier alpha value is -2.91. The number of rotatable bonds is 0. The number of fused-ring (bicyclic) bond motifs is 8. The molecule has 0 aliphatic carbocycles. The molecular formula is C20H12N4Ni. The molecule has 0 saturated carbocycles.